The van der Waals surface area contributed by atoms with Crippen LogP contribution in [0, 0.1) is 0 Å². The summed E-state index contributed by atoms with van der Waals surface area (Å²) in [6, 6.07) is 0.188. The van der Waals surface area contributed by atoms with E-state index in [1.54, 1.807) is 11.9 Å². The minimum absolute atomic E-state index is 0.163. The molecule has 0 aromatic carbocycles. The summed E-state index contributed by atoms with van der Waals surface area (Å²) in [6.45, 7) is 0.163. The number of nitrogens with one attached hydrogen (secondary N) is 1. The molecule has 1 fully saturated rings. The fourth-order valence-corrected chi connectivity index (χ4v) is 2.31. The fourth-order valence-electron chi connectivity index (χ4n) is 2.31. The third-order valence-electron chi connectivity index (χ3n) is 3.59. The predicted octanol–water partition coefficient (Wildman–Crippen LogP) is 0.513. The van der Waals surface area contributed by atoms with E-state index in [1.807, 2.05) is 0 Å². The van der Waals surface area contributed by atoms with Gasteiger partial charge in [0.05, 0.1) is 6.54 Å². The summed E-state index contributed by atoms with van der Waals surface area (Å²) in [4.78, 5) is 25.3. The van der Waals surface area contributed by atoms with Crippen LogP contribution in [0.25, 0.3) is 0 Å². The highest BCUT2D eigenvalue weighted by Gasteiger charge is 2.26. The molecular formula is C13H24N2O4. The molecule has 0 bridgehead atoms. The van der Waals surface area contributed by atoms with Crippen molar-refractivity contribution in [2.24, 2.45) is 0 Å². The zero-order valence-electron chi connectivity index (χ0n) is 12.0. The molecule has 0 saturated heterocycles. The molecule has 110 valence electrons. The molecule has 0 aromatic rings. The largest absolute Gasteiger partial charge is 0.354 e. The molecule has 2 amide bonds. The average Bonchev–Trinajstić information content (AvgIpc) is 2.47. The Hall–Kier alpha value is -1.14. The van der Waals surface area contributed by atoms with E-state index in [0.29, 0.717) is 0 Å². The maximum Gasteiger partial charge on any atom is 0.311 e. The van der Waals surface area contributed by atoms with Gasteiger partial charge in [-0.25, -0.2) is 0 Å². The van der Waals surface area contributed by atoms with E-state index in [1.165, 1.54) is 20.6 Å². The van der Waals surface area contributed by atoms with Gasteiger partial charge in [-0.3, -0.25) is 9.59 Å². The van der Waals surface area contributed by atoms with E-state index < -0.39 is 18.1 Å². The first-order chi connectivity index (χ1) is 9.10. The lowest BCUT2D eigenvalue weighted by atomic mass is 9.94. The molecule has 1 rings (SSSR count). The average molecular weight is 272 g/mol. The summed E-state index contributed by atoms with van der Waals surface area (Å²) >= 11 is 0. The highest BCUT2D eigenvalue weighted by atomic mass is 16.7. The Balaban J connectivity index is 2.40. The summed E-state index contributed by atoms with van der Waals surface area (Å²) in [5.74, 6) is -1.09. The van der Waals surface area contributed by atoms with Crippen molar-refractivity contribution in [3.05, 3.63) is 0 Å². The normalized spacial score (nSPS) is 16.4. The molecule has 0 heterocycles. The fraction of sp³-hybridized carbons (Fsp3) is 0.846. The Morgan fingerprint density at radius 1 is 1.21 bits per heavy atom. The quantitative estimate of drug-likeness (QED) is 0.585. The van der Waals surface area contributed by atoms with Crippen LogP contribution in [0.15, 0.2) is 0 Å². The number of ether oxygens (including phenoxy) is 2. The molecule has 1 saturated carbocycles. The van der Waals surface area contributed by atoms with Crippen LogP contribution in [0.3, 0.4) is 0 Å². The van der Waals surface area contributed by atoms with Crippen LogP contribution < -0.4 is 5.32 Å². The van der Waals surface area contributed by atoms with Crippen LogP contribution in [-0.4, -0.2) is 56.9 Å². The summed E-state index contributed by atoms with van der Waals surface area (Å²) in [6.07, 6.45) is 4.90. The number of nitrogens with zero attached hydrogens (tertiary/aromatic N) is 1. The highest BCUT2D eigenvalue weighted by molar-refractivity contribution is 6.35. The lowest BCUT2D eigenvalue weighted by Gasteiger charge is -2.30. The minimum atomic E-state index is -0.604. The van der Waals surface area contributed by atoms with Gasteiger partial charge >= 0.3 is 11.8 Å². The first kappa shape index (κ1) is 15.9. The van der Waals surface area contributed by atoms with Crippen LogP contribution >= 0.6 is 0 Å². The summed E-state index contributed by atoms with van der Waals surface area (Å²) in [5, 5.41) is 2.52. The highest BCUT2D eigenvalue weighted by Crippen LogP contribution is 2.21. The third kappa shape index (κ3) is 4.80. The summed E-state index contributed by atoms with van der Waals surface area (Å²) in [7, 11) is 4.66. The molecule has 0 atom stereocenters. The van der Waals surface area contributed by atoms with Gasteiger partial charge in [-0.2, -0.15) is 0 Å². The zero-order chi connectivity index (χ0) is 14.3. The van der Waals surface area contributed by atoms with Crippen molar-refractivity contribution in [1.29, 1.82) is 0 Å². The van der Waals surface area contributed by atoms with Gasteiger partial charge in [-0.05, 0) is 12.8 Å². The third-order valence-corrected chi connectivity index (χ3v) is 3.59. The van der Waals surface area contributed by atoms with Gasteiger partial charge < -0.3 is 19.7 Å². The van der Waals surface area contributed by atoms with Crippen molar-refractivity contribution in [3.8, 4) is 0 Å². The Bertz CT molecular complexity index is 299. The number of carbonyl (C=O) groups is 2. The molecule has 1 aliphatic rings. The van der Waals surface area contributed by atoms with Crippen molar-refractivity contribution >= 4 is 11.8 Å². The number of amides is 2. The SMILES string of the molecule is COC(CNC(=O)C(=O)N(C)C1CCCCC1)OC. The van der Waals surface area contributed by atoms with Crippen LogP contribution in [0.5, 0.6) is 0 Å². The Morgan fingerprint density at radius 2 is 1.79 bits per heavy atom. The number of carbonyl (C=O) groups excluding carboxylic acids is 2. The van der Waals surface area contributed by atoms with E-state index in [9.17, 15) is 9.59 Å². The molecule has 0 aliphatic heterocycles. The molecule has 0 spiro atoms. The van der Waals surface area contributed by atoms with Gasteiger partial charge in [0.1, 0.15) is 0 Å². The lowest BCUT2D eigenvalue weighted by molar-refractivity contribution is -0.148. The van der Waals surface area contributed by atoms with E-state index in [-0.39, 0.29) is 12.6 Å². The number of methoxy groups -OCH3 is 2. The van der Waals surface area contributed by atoms with Crippen molar-refractivity contribution in [2.75, 3.05) is 27.8 Å². The first-order valence-electron chi connectivity index (χ1n) is 6.70. The van der Waals surface area contributed by atoms with Crippen LogP contribution in [-0.2, 0) is 19.1 Å². The van der Waals surface area contributed by atoms with E-state index >= 15 is 0 Å². The van der Waals surface area contributed by atoms with Crippen molar-refractivity contribution < 1.29 is 19.1 Å². The Kier molecular flexibility index (Phi) is 6.80. The second kappa shape index (κ2) is 8.12. The minimum Gasteiger partial charge on any atom is -0.354 e. The number of rotatable bonds is 5. The number of likely N-dealkylation sites (N-methyl/N-ethyl adjacent to an activating group) is 1. The molecule has 0 aromatic heterocycles. The molecule has 19 heavy (non-hydrogen) atoms. The second-order valence-corrected chi connectivity index (χ2v) is 4.82. The van der Waals surface area contributed by atoms with Gasteiger partial charge in [0.25, 0.3) is 0 Å². The van der Waals surface area contributed by atoms with E-state index in [2.05, 4.69) is 5.32 Å². The Morgan fingerprint density at radius 3 is 2.32 bits per heavy atom. The first-order valence-corrected chi connectivity index (χ1v) is 6.70. The topological polar surface area (TPSA) is 67.9 Å². The van der Waals surface area contributed by atoms with Gasteiger partial charge in [0.15, 0.2) is 6.29 Å². The number of hydrogen-bond donors (Lipinski definition) is 1. The van der Waals surface area contributed by atoms with Crippen molar-refractivity contribution in [3.63, 3.8) is 0 Å². The molecule has 6 heteroatoms. The molecule has 0 radical (unpaired) electrons. The summed E-state index contributed by atoms with van der Waals surface area (Å²) in [5.41, 5.74) is 0. The van der Waals surface area contributed by atoms with Crippen molar-refractivity contribution in [1.82, 2.24) is 10.2 Å². The molecule has 1 aliphatic carbocycles. The molecule has 1 N–H and O–H groups in total. The van der Waals surface area contributed by atoms with E-state index in [4.69, 9.17) is 9.47 Å². The van der Waals surface area contributed by atoms with E-state index in [0.717, 1.165) is 25.7 Å². The zero-order valence-corrected chi connectivity index (χ0v) is 12.0. The summed E-state index contributed by atoms with van der Waals surface area (Å²) < 4.78 is 9.89. The maximum absolute atomic E-state index is 12.0. The number of hydrogen-bond acceptors (Lipinski definition) is 4. The van der Waals surface area contributed by atoms with Crippen LogP contribution in [0.4, 0.5) is 0 Å². The standard InChI is InChI=1S/C13H24N2O4/c1-15(10-7-5-4-6-8-10)13(17)12(16)14-9-11(18-2)19-3/h10-11H,4-9H2,1-3H3,(H,14,16). The molecule has 0 unspecified atom stereocenters. The maximum atomic E-state index is 12.0. The van der Waals surface area contributed by atoms with Gasteiger partial charge in [-0.1, -0.05) is 19.3 Å². The smallest absolute Gasteiger partial charge is 0.311 e. The predicted molar refractivity (Wildman–Crippen MR) is 70.5 cm³/mol. The monoisotopic (exact) mass is 272 g/mol. The van der Waals surface area contributed by atoms with Gasteiger partial charge in [0, 0.05) is 27.3 Å². The molecular weight excluding hydrogens is 248 g/mol. The lowest BCUT2D eigenvalue weighted by Crippen LogP contribution is -2.48. The van der Waals surface area contributed by atoms with Crippen molar-refractivity contribution in [2.45, 2.75) is 44.4 Å². The molecule has 6 nitrogen and oxygen atoms in total. The Labute approximate surface area is 114 Å². The van der Waals surface area contributed by atoms with Crippen LogP contribution in [0.2, 0.25) is 0 Å². The second-order valence-electron chi connectivity index (χ2n) is 4.82. The van der Waals surface area contributed by atoms with Gasteiger partial charge in [0.2, 0.25) is 0 Å². The van der Waals surface area contributed by atoms with Gasteiger partial charge in [-0.15, -0.1) is 0 Å². The van der Waals surface area contributed by atoms with Crippen LogP contribution in [0.1, 0.15) is 32.1 Å².